The van der Waals surface area contributed by atoms with E-state index >= 15 is 0 Å². The number of rotatable bonds is 4. The number of phenolic OH excluding ortho intramolecular Hbond substituents is 2. The van der Waals surface area contributed by atoms with Gasteiger partial charge >= 0.3 is 6.03 Å². The first-order valence-corrected chi connectivity index (χ1v) is 10.7. The summed E-state index contributed by atoms with van der Waals surface area (Å²) in [6.45, 7) is 0. The molecule has 0 saturated heterocycles. The summed E-state index contributed by atoms with van der Waals surface area (Å²) in [5, 5.41) is 30.0. The number of carbonyl (C=O) groups is 3. The van der Waals surface area contributed by atoms with Crippen molar-refractivity contribution in [3.8, 4) is 17.2 Å². The van der Waals surface area contributed by atoms with Crippen molar-refractivity contribution in [1.29, 1.82) is 0 Å². The van der Waals surface area contributed by atoms with Crippen molar-refractivity contribution in [2.75, 3.05) is 12.4 Å². The van der Waals surface area contributed by atoms with Gasteiger partial charge in [-0.1, -0.05) is 12.1 Å². The molecule has 0 saturated carbocycles. The van der Waals surface area contributed by atoms with Crippen LogP contribution >= 0.6 is 0 Å². The van der Waals surface area contributed by atoms with E-state index in [9.17, 15) is 24.6 Å². The van der Waals surface area contributed by atoms with Gasteiger partial charge in [-0.2, -0.15) is 10.2 Å². The Morgan fingerprint density at radius 3 is 2.47 bits per heavy atom. The molecule has 1 aliphatic carbocycles. The van der Waals surface area contributed by atoms with Gasteiger partial charge in [-0.25, -0.2) is 10.2 Å². The van der Waals surface area contributed by atoms with Crippen LogP contribution in [0.1, 0.15) is 37.9 Å². The third-order valence-corrected chi connectivity index (χ3v) is 5.80. The molecule has 2 aliphatic rings. The molecule has 0 radical (unpaired) electrons. The Morgan fingerprint density at radius 1 is 0.972 bits per heavy atom. The molecule has 1 aliphatic heterocycles. The van der Waals surface area contributed by atoms with Gasteiger partial charge < -0.3 is 20.3 Å². The van der Waals surface area contributed by atoms with E-state index < -0.39 is 23.7 Å². The van der Waals surface area contributed by atoms with Gasteiger partial charge in [0.2, 0.25) is 0 Å². The molecule has 5 N–H and O–H groups in total. The van der Waals surface area contributed by atoms with Crippen molar-refractivity contribution in [3.63, 3.8) is 0 Å². The lowest BCUT2D eigenvalue weighted by molar-refractivity contribution is 0.0937. The fourth-order valence-corrected chi connectivity index (χ4v) is 4.06. The van der Waals surface area contributed by atoms with Crippen molar-refractivity contribution in [2.24, 2.45) is 10.2 Å². The maximum Gasteiger partial charge on any atom is 0.337 e. The number of hydrogen-bond donors (Lipinski definition) is 5. The van der Waals surface area contributed by atoms with E-state index in [4.69, 9.17) is 4.74 Å². The van der Waals surface area contributed by atoms with Crippen molar-refractivity contribution < 1.29 is 29.3 Å². The van der Waals surface area contributed by atoms with Gasteiger partial charge in [0.05, 0.1) is 23.9 Å². The van der Waals surface area contributed by atoms with E-state index in [2.05, 4.69) is 26.4 Å². The summed E-state index contributed by atoms with van der Waals surface area (Å²) >= 11 is 0. The average Bonchev–Trinajstić information content (AvgIpc) is 3.44. The highest BCUT2D eigenvalue weighted by Crippen LogP contribution is 2.49. The monoisotopic (exact) mass is 485 g/mol. The third-order valence-electron chi connectivity index (χ3n) is 5.80. The van der Waals surface area contributed by atoms with Crippen LogP contribution in [0.5, 0.6) is 17.2 Å². The second kappa shape index (κ2) is 8.87. The molecule has 1 heterocycles. The van der Waals surface area contributed by atoms with Crippen LogP contribution in [0.15, 0.2) is 76.5 Å². The number of methoxy groups -OCH3 is 1. The molecule has 3 aromatic rings. The number of benzene rings is 3. The zero-order valence-corrected chi connectivity index (χ0v) is 18.8. The fraction of sp³-hybridized carbons (Fsp3) is 0.0800. The van der Waals surface area contributed by atoms with Gasteiger partial charge in [0.15, 0.2) is 17.3 Å². The second-order valence-corrected chi connectivity index (χ2v) is 7.94. The summed E-state index contributed by atoms with van der Waals surface area (Å²) in [5.74, 6) is -1.21. The number of nitrogens with zero attached hydrogens (tertiary/aromatic N) is 2. The van der Waals surface area contributed by atoms with E-state index in [1.54, 1.807) is 49.6 Å². The normalized spacial score (nSPS) is 15.4. The molecule has 1 atom stereocenters. The number of phenols is 2. The minimum atomic E-state index is -0.796. The standard InChI is InChI=1S/C25H19N5O6/c1-36-14-8-5-12(6-9-14)21-20-22(28-27-21)15-3-2-4-16(19(15)23(20)33)26-25(35)30-29-24(34)13-7-10-17(31)18(32)11-13/h2-11,22,31-32H,1H3,(H,29,34)(H2,26,30,35). The quantitative estimate of drug-likeness (QED) is 0.280. The number of ether oxygens (including phenoxy) is 1. The number of hydrogen-bond acceptors (Lipinski definition) is 8. The number of hydrazine groups is 1. The highest BCUT2D eigenvalue weighted by molar-refractivity contribution is 6.22. The summed E-state index contributed by atoms with van der Waals surface area (Å²) in [6.07, 6.45) is 0. The average molecular weight is 485 g/mol. The predicted molar refractivity (Wildman–Crippen MR) is 128 cm³/mol. The molecule has 0 bridgehead atoms. The van der Waals surface area contributed by atoms with Crippen molar-refractivity contribution in [1.82, 2.24) is 10.9 Å². The first-order valence-electron chi connectivity index (χ1n) is 10.7. The number of azo groups is 1. The largest absolute Gasteiger partial charge is 0.504 e. The topological polar surface area (TPSA) is 162 Å². The molecule has 5 rings (SSSR count). The lowest BCUT2D eigenvalue weighted by atomic mass is 10.0. The molecule has 36 heavy (non-hydrogen) atoms. The zero-order valence-electron chi connectivity index (χ0n) is 18.8. The van der Waals surface area contributed by atoms with Crippen molar-refractivity contribution in [2.45, 2.75) is 6.04 Å². The van der Waals surface area contributed by atoms with Crippen LogP contribution in [0.2, 0.25) is 0 Å². The van der Waals surface area contributed by atoms with Gasteiger partial charge in [-0.05, 0) is 54.1 Å². The Kier molecular flexibility index (Phi) is 5.57. The maximum atomic E-state index is 13.4. The first kappa shape index (κ1) is 22.6. The summed E-state index contributed by atoms with van der Waals surface area (Å²) in [6, 6.07) is 14.2. The zero-order chi connectivity index (χ0) is 25.4. The summed E-state index contributed by atoms with van der Waals surface area (Å²) in [4.78, 5) is 38.1. The minimum Gasteiger partial charge on any atom is -0.504 e. The minimum absolute atomic E-state index is 0.0116. The number of aromatic hydroxyl groups is 2. The Hall–Kier alpha value is -5.19. The van der Waals surface area contributed by atoms with Crippen LogP contribution in [-0.4, -0.2) is 35.0 Å². The molecule has 11 heteroatoms. The summed E-state index contributed by atoms with van der Waals surface area (Å²) in [7, 11) is 1.56. The lowest BCUT2D eigenvalue weighted by Gasteiger charge is -2.12. The van der Waals surface area contributed by atoms with Crippen LogP contribution in [0.4, 0.5) is 10.5 Å². The predicted octanol–water partition coefficient (Wildman–Crippen LogP) is 3.69. The Balaban J connectivity index is 1.34. The van der Waals surface area contributed by atoms with E-state index in [0.717, 1.165) is 12.1 Å². The maximum absolute atomic E-state index is 13.4. The number of urea groups is 1. The number of carbonyl (C=O) groups excluding carboxylic acids is 3. The van der Waals surface area contributed by atoms with E-state index in [1.807, 2.05) is 0 Å². The van der Waals surface area contributed by atoms with Crippen LogP contribution in [0.3, 0.4) is 0 Å². The Bertz CT molecular complexity index is 1480. The van der Waals surface area contributed by atoms with Gasteiger partial charge in [0.1, 0.15) is 17.5 Å². The van der Waals surface area contributed by atoms with Gasteiger partial charge in [-0.15, -0.1) is 0 Å². The second-order valence-electron chi connectivity index (χ2n) is 7.94. The van der Waals surface area contributed by atoms with Crippen LogP contribution in [0, 0.1) is 0 Å². The molecule has 0 fully saturated rings. The van der Waals surface area contributed by atoms with Crippen molar-refractivity contribution >= 4 is 29.1 Å². The molecular weight excluding hydrogens is 466 g/mol. The van der Waals surface area contributed by atoms with Gasteiger partial charge in [0, 0.05) is 11.1 Å². The molecular formula is C25H19N5O6. The Labute approximate surface area is 204 Å². The molecule has 0 spiro atoms. The summed E-state index contributed by atoms with van der Waals surface area (Å²) in [5.41, 5.74) is 7.16. The van der Waals surface area contributed by atoms with E-state index in [-0.39, 0.29) is 22.8 Å². The molecule has 0 aromatic heterocycles. The molecule has 3 amide bonds. The van der Waals surface area contributed by atoms with Crippen LogP contribution < -0.4 is 20.9 Å². The summed E-state index contributed by atoms with van der Waals surface area (Å²) < 4.78 is 5.18. The molecule has 180 valence electrons. The van der Waals surface area contributed by atoms with Crippen LogP contribution in [0.25, 0.3) is 5.70 Å². The fourth-order valence-electron chi connectivity index (χ4n) is 4.06. The SMILES string of the molecule is COc1ccc(C2=C3C(=O)c4c(NC(=O)NNC(=O)c5ccc(O)c(O)c5)cccc4C3N=N2)cc1. The first-order chi connectivity index (χ1) is 17.4. The number of ketones is 1. The highest BCUT2D eigenvalue weighted by atomic mass is 16.5. The van der Waals surface area contributed by atoms with Gasteiger partial charge in [0.25, 0.3) is 5.91 Å². The van der Waals surface area contributed by atoms with Gasteiger partial charge in [-0.3, -0.25) is 15.0 Å². The molecule has 1 unspecified atom stereocenters. The highest BCUT2D eigenvalue weighted by Gasteiger charge is 2.42. The number of Topliss-reactive ketones (excluding diaryl/α,β-unsaturated/α-hetero) is 1. The van der Waals surface area contributed by atoms with Crippen LogP contribution in [-0.2, 0) is 0 Å². The number of amides is 3. The number of fused-ring (bicyclic) bond motifs is 3. The molecule has 3 aromatic carbocycles. The Morgan fingerprint density at radius 2 is 1.75 bits per heavy atom. The third kappa shape index (κ3) is 3.88. The molecule has 11 nitrogen and oxygen atoms in total. The van der Waals surface area contributed by atoms with E-state index in [1.165, 1.54) is 6.07 Å². The smallest absolute Gasteiger partial charge is 0.337 e. The number of nitrogens with one attached hydrogen (secondary N) is 3. The van der Waals surface area contributed by atoms with Crippen molar-refractivity contribution in [3.05, 3.63) is 88.5 Å². The van der Waals surface area contributed by atoms with E-state index in [0.29, 0.717) is 33.7 Å². The number of anilines is 1. The lowest BCUT2D eigenvalue weighted by Crippen LogP contribution is -2.44.